The molecule has 0 bridgehead atoms. The van der Waals surface area contributed by atoms with Crippen LogP contribution in [-0.2, 0) is 0 Å². The van der Waals surface area contributed by atoms with Crippen LogP contribution in [0.4, 0.5) is 28.9 Å². The number of nitrogens with zero attached hydrogens (tertiary/aromatic N) is 2. The summed E-state index contributed by atoms with van der Waals surface area (Å²) in [4.78, 5) is 10.8. The number of rotatable bonds is 4. The lowest BCUT2D eigenvalue weighted by atomic mass is 10.2. The van der Waals surface area contributed by atoms with Crippen LogP contribution in [0.5, 0.6) is 0 Å². The third-order valence-electron chi connectivity index (χ3n) is 2.25. The summed E-state index contributed by atoms with van der Waals surface area (Å²) in [6, 6.07) is 2.68. The van der Waals surface area contributed by atoms with Crippen molar-refractivity contribution < 1.29 is 22.5 Å². The lowest BCUT2D eigenvalue weighted by Gasteiger charge is -2.19. The quantitative estimate of drug-likeness (QED) is 0.478. The van der Waals surface area contributed by atoms with E-state index in [-0.39, 0.29) is 5.69 Å². The van der Waals surface area contributed by atoms with Gasteiger partial charge in [0.25, 0.3) is 5.69 Å². The van der Waals surface area contributed by atoms with Crippen molar-refractivity contribution in [2.75, 3.05) is 18.5 Å². The standard InChI is InChI=1S/C10H10F4N2O2/c1-15(3-2-10(12,13)14)8-4-7(11)5-9(6-8)16(17)18/h4-6H,2-3H2,1H3. The van der Waals surface area contributed by atoms with Gasteiger partial charge in [-0.3, -0.25) is 10.1 Å². The van der Waals surface area contributed by atoms with E-state index in [2.05, 4.69) is 0 Å². The zero-order chi connectivity index (χ0) is 13.9. The van der Waals surface area contributed by atoms with Crippen LogP contribution in [0, 0.1) is 15.9 Å². The van der Waals surface area contributed by atoms with Gasteiger partial charge >= 0.3 is 6.18 Å². The zero-order valence-corrected chi connectivity index (χ0v) is 9.37. The molecule has 0 fully saturated rings. The molecule has 1 aromatic rings. The van der Waals surface area contributed by atoms with E-state index >= 15 is 0 Å². The smallest absolute Gasteiger partial charge is 0.374 e. The van der Waals surface area contributed by atoms with Gasteiger partial charge in [0.15, 0.2) is 0 Å². The summed E-state index contributed by atoms with van der Waals surface area (Å²) in [6.45, 7) is -0.399. The maximum atomic E-state index is 13.1. The van der Waals surface area contributed by atoms with Crippen LogP contribution < -0.4 is 4.90 Å². The van der Waals surface area contributed by atoms with Crippen LogP contribution >= 0.6 is 0 Å². The number of hydrogen-bond donors (Lipinski definition) is 0. The van der Waals surface area contributed by atoms with E-state index < -0.39 is 35.6 Å². The first-order valence-electron chi connectivity index (χ1n) is 4.92. The molecule has 0 atom stereocenters. The van der Waals surface area contributed by atoms with Gasteiger partial charge < -0.3 is 4.90 Å². The average molecular weight is 266 g/mol. The highest BCUT2D eigenvalue weighted by Gasteiger charge is 2.27. The predicted octanol–water partition coefficient (Wildman–Crippen LogP) is 3.12. The second-order valence-corrected chi connectivity index (χ2v) is 3.71. The summed E-state index contributed by atoms with van der Waals surface area (Å²) in [6.07, 6.45) is -5.40. The van der Waals surface area contributed by atoms with Crippen molar-refractivity contribution in [3.8, 4) is 0 Å². The summed E-state index contributed by atoms with van der Waals surface area (Å²) in [5.41, 5.74) is -0.463. The average Bonchev–Trinajstić information content (AvgIpc) is 2.23. The van der Waals surface area contributed by atoms with Crippen LogP contribution in [0.2, 0.25) is 0 Å². The highest BCUT2D eigenvalue weighted by Crippen LogP contribution is 2.25. The molecule has 0 N–H and O–H groups in total. The first kappa shape index (κ1) is 14.2. The Bertz CT molecular complexity index is 448. The van der Waals surface area contributed by atoms with E-state index in [1.165, 1.54) is 7.05 Å². The summed E-state index contributed by atoms with van der Waals surface area (Å²) in [5.74, 6) is -0.863. The van der Waals surface area contributed by atoms with Gasteiger partial charge in [-0.2, -0.15) is 13.2 Å². The van der Waals surface area contributed by atoms with Gasteiger partial charge in [-0.05, 0) is 6.07 Å². The molecule has 0 aromatic heterocycles. The van der Waals surface area contributed by atoms with E-state index in [4.69, 9.17) is 0 Å². The molecule has 1 rings (SSSR count). The highest BCUT2D eigenvalue weighted by molar-refractivity contribution is 5.53. The molecule has 100 valence electrons. The SMILES string of the molecule is CN(CCC(F)(F)F)c1cc(F)cc([N+](=O)[O-])c1. The molecule has 0 radical (unpaired) electrons. The predicted molar refractivity (Wildman–Crippen MR) is 57.0 cm³/mol. The Morgan fingerprint density at radius 3 is 2.44 bits per heavy atom. The second-order valence-electron chi connectivity index (χ2n) is 3.71. The summed E-state index contributed by atoms with van der Waals surface area (Å²) < 4.78 is 49.1. The van der Waals surface area contributed by atoms with Crippen molar-refractivity contribution in [1.82, 2.24) is 0 Å². The van der Waals surface area contributed by atoms with Gasteiger partial charge in [0, 0.05) is 25.3 Å². The molecule has 4 nitrogen and oxygen atoms in total. The largest absolute Gasteiger partial charge is 0.390 e. The van der Waals surface area contributed by atoms with Crippen molar-refractivity contribution in [3.63, 3.8) is 0 Å². The number of anilines is 1. The number of non-ortho nitro benzene ring substituents is 1. The number of hydrogen-bond acceptors (Lipinski definition) is 3. The van der Waals surface area contributed by atoms with Gasteiger partial charge in [0.2, 0.25) is 0 Å². The van der Waals surface area contributed by atoms with E-state index in [9.17, 15) is 27.7 Å². The van der Waals surface area contributed by atoms with Gasteiger partial charge in [-0.1, -0.05) is 0 Å². The molecule has 0 amide bonds. The van der Waals surface area contributed by atoms with Crippen LogP contribution in [-0.4, -0.2) is 24.7 Å². The molecule has 0 saturated carbocycles. The first-order chi connectivity index (χ1) is 8.19. The number of nitro groups is 1. The van der Waals surface area contributed by atoms with Gasteiger partial charge in [-0.15, -0.1) is 0 Å². The molecule has 8 heteroatoms. The number of halogens is 4. The molecule has 0 aliphatic rings. The van der Waals surface area contributed by atoms with Crippen molar-refractivity contribution in [2.45, 2.75) is 12.6 Å². The van der Waals surface area contributed by atoms with Crippen LogP contribution in [0.15, 0.2) is 18.2 Å². The second kappa shape index (κ2) is 5.19. The molecule has 0 aliphatic carbocycles. The molecule has 1 aromatic carbocycles. The molecular weight excluding hydrogens is 256 g/mol. The maximum Gasteiger partial charge on any atom is 0.390 e. The fourth-order valence-corrected chi connectivity index (χ4v) is 1.31. The van der Waals surface area contributed by atoms with Crippen molar-refractivity contribution in [2.24, 2.45) is 0 Å². The van der Waals surface area contributed by atoms with E-state index in [1.54, 1.807) is 0 Å². The molecule has 0 heterocycles. The maximum absolute atomic E-state index is 13.1. The fraction of sp³-hybridized carbons (Fsp3) is 0.400. The van der Waals surface area contributed by atoms with Crippen molar-refractivity contribution >= 4 is 11.4 Å². The van der Waals surface area contributed by atoms with Gasteiger partial charge in [0.05, 0.1) is 17.4 Å². The molecule has 0 saturated heterocycles. The Balaban J connectivity index is 2.85. The summed E-state index contributed by atoms with van der Waals surface area (Å²) >= 11 is 0. The summed E-state index contributed by atoms with van der Waals surface area (Å²) in [5, 5.41) is 10.5. The number of nitro benzene ring substituents is 1. The third kappa shape index (κ3) is 4.19. The topological polar surface area (TPSA) is 46.4 Å². The molecule has 0 aliphatic heterocycles. The zero-order valence-electron chi connectivity index (χ0n) is 9.37. The Kier molecular flexibility index (Phi) is 4.10. The van der Waals surface area contributed by atoms with Gasteiger partial charge in [-0.25, -0.2) is 4.39 Å². The minimum absolute atomic E-state index is 0.0333. The normalized spacial score (nSPS) is 11.4. The Hall–Kier alpha value is -1.86. The van der Waals surface area contributed by atoms with Crippen LogP contribution in [0.3, 0.4) is 0 Å². The minimum Gasteiger partial charge on any atom is -0.374 e. The minimum atomic E-state index is -4.33. The van der Waals surface area contributed by atoms with Crippen molar-refractivity contribution in [1.29, 1.82) is 0 Å². The van der Waals surface area contributed by atoms with Crippen LogP contribution in [0.25, 0.3) is 0 Å². The molecule has 0 spiro atoms. The molecular formula is C10H10F4N2O2. The highest BCUT2D eigenvalue weighted by atomic mass is 19.4. The lowest BCUT2D eigenvalue weighted by molar-refractivity contribution is -0.385. The molecule has 18 heavy (non-hydrogen) atoms. The van der Waals surface area contributed by atoms with E-state index in [1.807, 2.05) is 0 Å². The lowest BCUT2D eigenvalue weighted by Crippen LogP contribution is -2.24. The first-order valence-corrected chi connectivity index (χ1v) is 4.92. The van der Waals surface area contributed by atoms with E-state index in [0.29, 0.717) is 6.07 Å². The van der Waals surface area contributed by atoms with Crippen molar-refractivity contribution in [3.05, 3.63) is 34.1 Å². The third-order valence-corrected chi connectivity index (χ3v) is 2.25. The van der Waals surface area contributed by atoms with E-state index in [0.717, 1.165) is 17.0 Å². The Labute approximate surface area is 100.0 Å². The summed E-state index contributed by atoms with van der Waals surface area (Å²) in [7, 11) is 1.31. The Morgan fingerprint density at radius 2 is 1.94 bits per heavy atom. The van der Waals surface area contributed by atoms with Gasteiger partial charge in [0.1, 0.15) is 5.82 Å². The van der Waals surface area contributed by atoms with Crippen LogP contribution in [0.1, 0.15) is 6.42 Å². The number of alkyl halides is 3. The molecule has 0 unspecified atom stereocenters. The monoisotopic (exact) mass is 266 g/mol. The fourth-order valence-electron chi connectivity index (χ4n) is 1.31. The Morgan fingerprint density at radius 1 is 1.33 bits per heavy atom. The number of benzene rings is 1.